The van der Waals surface area contributed by atoms with Crippen molar-refractivity contribution >= 4 is 24.2 Å². The van der Waals surface area contributed by atoms with Crippen LogP contribution in [-0.2, 0) is 11.2 Å². The quantitative estimate of drug-likeness (QED) is 0.394. The fourth-order valence-corrected chi connectivity index (χ4v) is 5.20. The number of hydrogen-bond acceptors (Lipinski definition) is 5. The van der Waals surface area contributed by atoms with E-state index in [1.165, 1.54) is 12.1 Å². The Kier molecular flexibility index (Phi) is 9.99. The average molecular weight is 556 g/mol. The zero-order valence-corrected chi connectivity index (χ0v) is 23.4. The molecule has 0 aliphatic carbocycles. The number of H-pyrrole nitrogens is 1. The summed E-state index contributed by atoms with van der Waals surface area (Å²) < 4.78 is 13.9. The van der Waals surface area contributed by atoms with E-state index in [2.05, 4.69) is 20.8 Å². The highest BCUT2D eigenvalue weighted by atomic mass is 35.5. The van der Waals surface area contributed by atoms with Gasteiger partial charge in [-0.15, -0.1) is 12.4 Å². The molecule has 8 nitrogen and oxygen atoms in total. The standard InChI is InChI=1S/C29H34FN5O3.ClH/c1-17-12-22(9-8-20(17)14-23-13-18(2)33-34-29(23)38)28(37)32-16-27(36)35-25(19(3)31-4)10-11-26(35)21-6-5-7-24(30)15-21;/h5-9,12-13,15,19,25-26,31H,10-11,14,16H2,1-4H3,(H,32,37)(H,34,38);1H/t19?,25-,26+;/m1./s1. The lowest BCUT2D eigenvalue weighted by atomic mass is 9.99. The first kappa shape index (κ1) is 30.0. The summed E-state index contributed by atoms with van der Waals surface area (Å²) in [7, 11) is 1.85. The number of likely N-dealkylation sites (tertiary alicyclic amines) is 1. The monoisotopic (exact) mass is 555 g/mol. The molecule has 0 radical (unpaired) electrons. The van der Waals surface area contributed by atoms with Gasteiger partial charge in [-0.2, -0.15) is 5.10 Å². The molecule has 3 atom stereocenters. The van der Waals surface area contributed by atoms with Gasteiger partial charge in [0.1, 0.15) is 5.82 Å². The predicted octanol–water partition coefficient (Wildman–Crippen LogP) is 3.61. The van der Waals surface area contributed by atoms with E-state index in [9.17, 15) is 18.8 Å². The van der Waals surface area contributed by atoms with Crippen LogP contribution in [0.3, 0.4) is 0 Å². The fourth-order valence-electron chi connectivity index (χ4n) is 5.20. The topological polar surface area (TPSA) is 107 Å². The van der Waals surface area contributed by atoms with E-state index in [1.54, 1.807) is 29.2 Å². The summed E-state index contributed by atoms with van der Waals surface area (Å²) in [4.78, 5) is 40.2. The van der Waals surface area contributed by atoms with Crippen LogP contribution in [0, 0.1) is 19.7 Å². The number of aromatic amines is 1. The lowest BCUT2D eigenvalue weighted by Gasteiger charge is -2.34. The summed E-state index contributed by atoms with van der Waals surface area (Å²) in [5, 5.41) is 12.4. The molecule has 1 unspecified atom stereocenters. The number of hydrogen-bond donors (Lipinski definition) is 3. The number of aryl methyl sites for hydroxylation is 2. The molecule has 1 aromatic heterocycles. The van der Waals surface area contributed by atoms with Crippen LogP contribution >= 0.6 is 12.4 Å². The Morgan fingerprint density at radius 2 is 1.90 bits per heavy atom. The molecule has 208 valence electrons. The van der Waals surface area contributed by atoms with Crippen molar-refractivity contribution in [1.82, 2.24) is 25.7 Å². The normalized spacial score (nSPS) is 17.4. The average Bonchev–Trinajstić information content (AvgIpc) is 3.35. The molecule has 0 spiro atoms. The molecule has 3 aromatic rings. The van der Waals surface area contributed by atoms with Crippen LogP contribution in [0.15, 0.2) is 53.3 Å². The molecule has 0 saturated carbocycles. The van der Waals surface area contributed by atoms with Crippen molar-refractivity contribution < 1.29 is 14.0 Å². The number of carbonyl (C=O) groups is 2. The third-order valence-corrected chi connectivity index (χ3v) is 7.38. The minimum absolute atomic E-state index is 0. The van der Waals surface area contributed by atoms with Gasteiger partial charge in [-0.1, -0.05) is 18.2 Å². The predicted molar refractivity (Wildman–Crippen MR) is 151 cm³/mol. The van der Waals surface area contributed by atoms with Gasteiger partial charge in [0.25, 0.3) is 11.5 Å². The Balaban J connectivity index is 0.00000420. The molecule has 1 aliphatic rings. The third kappa shape index (κ3) is 6.91. The highest BCUT2D eigenvalue weighted by molar-refractivity contribution is 5.96. The van der Waals surface area contributed by atoms with Crippen LogP contribution < -0.4 is 16.2 Å². The first-order chi connectivity index (χ1) is 18.2. The lowest BCUT2D eigenvalue weighted by molar-refractivity contribution is -0.133. The Morgan fingerprint density at radius 3 is 2.59 bits per heavy atom. The van der Waals surface area contributed by atoms with Gasteiger partial charge < -0.3 is 15.5 Å². The van der Waals surface area contributed by atoms with Crippen molar-refractivity contribution in [2.24, 2.45) is 0 Å². The first-order valence-electron chi connectivity index (χ1n) is 12.8. The van der Waals surface area contributed by atoms with E-state index < -0.39 is 0 Å². The maximum Gasteiger partial charge on any atom is 0.267 e. The molecule has 10 heteroatoms. The number of halogens is 2. The summed E-state index contributed by atoms with van der Waals surface area (Å²) >= 11 is 0. The van der Waals surface area contributed by atoms with Gasteiger partial charge >= 0.3 is 0 Å². The van der Waals surface area contributed by atoms with E-state index in [-0.39, 0.29) is 60.3 Å². The second kappa shape index (κ2) is 13.0. The van der Waals surface area contributed by atoms with Crippen LogP contribution in [0.25, 0.3) is 0 Å². The summed E-state index contributed by atoms with van der Waals surface area (Å²) in [5.41, 5.74) is 4.07. The number of carbonyl (C=O) groups excluding carboxylic acids is 2. The Bertz CT molecular complexity index is 1400. The van der Waals surface area contributed by atoms with Gasteiger partial charge in [-0.3, -0.25) is 14.4 Å². The van der Waals surface area contributed by atoms with E-state index in [0.29, 0.717) is 17.5 Å². The SMILES string of the molecule is CNC(C)[C@H]1CC[C@@H](c2cccc(F)c2)N1C(=O)CNC(=O)c1ccc(Cc2cc(C)n[nH]c2=O)c(C)c1.Cl. The first-order valence-corrected chi connectivity index (χ1v) is 12.8. The number of amides is 2. The second-order valence-corrected chi connectivity index (χ2v) is 9.96. The smallest absolute Gasteiger partial charge is 0.267 e. The van der Waals surface area contributed by atoms with Crippen molar-refractivity contribution in [3.8, 4) is 0 Å². The fraction of sp³-hybridized carbons (Fsp3) is 0.379. The van der Waals surface area contributed by atoms with Crippen LogP contribution in [0.1, 0.15) is 64.1 Å². The van der Waals surface area contributed by atoms with E-state index in [4.69, 9.17) is 0 Å². The number of nitrogens with one attached hydrogen (secondary N) is 3. The van der Waals surface area contributed by atoms with Crippen molar-refractivity contribution in [1.29, 1.82) is 0 Å². The maximum atomic E-state index is 13.9. The minimum atomic E-state index is -0.356. The van der Waals surface area contributed by atoms with Gasteiger partial charge in [-0.05, 0) is 87.7 Å². The summed E-state index contributed by atoms with van der Waals surface area (Å²) in [5.74, 6) is -0.904. The second-order valence-electron chi connectivity index (χ2n) is 9.96. The van der Waals surface area contributed by atoms with Crippen molar-refractivity contribution in [3.05, 3.63) is 98.2 Å². The van der Waals surface area contributed by atoms with E-state index >= 15 is 0 Å². The zero-order valence-electron chi connectivity index (χ0n) is 22.6. The molecule has 2 amide bonds. The number of aromatic nitrogens is 2. The molecule has 1 fully saturated rings. The van der Waals surface area contributed by atoms with Gasteiger partial charge in [0.15, 0.2) is 0 Å². The molecule has 4 rings (SSSR count). The molecule has 1 aliphatic heterocycles. The molecular formula is C29H35ClFN5O3. The van der Waals surface area contributed by atoms with Gasteiger partial charge in [0, 0.05) is 29.6 Å². The lowest BCUT2D eigenvalue weighted by Crippen LogP contribution is -2.50. The summed E-state index contributed by atoms with van der Waals surface area (Å²) in [6.45, 7) is 5.55. The number of nitrogens with zero attached hydrogens (tertiary/aromatic N) is 2. The van der Waals surface area contributed by atoms with E-state index in [1.807, 2.05) is 40.0 Å². The van der Waals surface area contributed by atoms with Gasteiger partial charge in [0.05, 0.1) is 18.3 Å². The molecule has 2 aromatic carbocycles. The molecule has 2 heterocycles. The number of rotatable bonds is 8. The van der Waals surface area contributed by atoms with Crippen molar-refractivity contribution in [2.75, 3.05) is 13.6 Å². The van der Waals surface area contributed by atoms with Crippen LogP contribution in [-0.4, -0.2) is 52.6 Å². The van der Waals surface area contributed by atoms with E-state index in [0.717, 1.165) is 35.2 Å². The van der Waals surface area contributed by atoms with Gasteiger partial charge in [0.2, 0.25) is 5.91 Å². The Labute approximate surface area is 233 Å². The molecule has 3 N–H and O–H groups in total. The highest BCUT2D eigenvalue weighted by Gasteiger charge is 2.40. The maximum absolute atomic E-state index is 13.9. The minimum Gasteiger partial charge on any atom is -0.343 e. The third-order valence-electron chi connectivity index (χ3n) is 7.38. The van der Waals surface area contributed by atoms with Gasteiger partial charge in [-0.25, -0.2) is 9.49 Å². The number of likely N-dealkylation sites (N-methyl/N-ethyl adjacent to an activating group) is 1. The zero-order chi connectivity index (χ0) is 27.4. The molecule has 39 heavy (non-hydrogen) atoms. The Morgan fingerprint density at radius 1 is 1.13 bits per heavy atom. The molecule has 0 bridgehead atoms. The summed E-state index contributed by atoms with van der Waals surface area (Å²) in [6, 6.07) is 13.1. The Hall–Kier alpha value is -3.56. The summed E-state index contributed by atoms with van der Waals surface area (Å²) in [6.07, 6.45) is 1.93. The van der Waals surface area contributed by atoms with Crippen LogP contribution in [0.4, 0.5) is 4.39 Å². The van der Waals surface area contributed by atoms with Crippen molar-refractivity contribution in [2.45, 2.75) is 58.2 Å². The van der Waals surface area contributed by atoms with Crippen LogP contribution in [0.2, 0.25) is 0 Å². The van der Waals surface area contributed by atoms with Crippen molar-refractivity contribution in [3.63, 3.8) is 0 Å². The van der Waals surface area contributed by atoms with Crippen LogP contribution in [0.5, 0.6) is 0 Å². The number of benzene rings is 2. The highest BCUT2D eigenvalue weighted by Crippen LogP contribution is 2.37. The molecular weight excluding hydrogens is 521 g/mol. The molecule has 1 saturated heterocycles. The largest absolute Gasteiger partial charge is 0.343 e.